The number of para-hydroxylation sites is 1. The summed E-state index contributed by atoms with van der Waals surface area (Å²) in [4.78, 5) is 22.4. The van der Waals surface area contributed by atoms with Gasteiger partial charge in [0.15, 0.2) is 11.6 Å². The lowest BCUT2D eigenvalue weighted by Gasteiger charge is -2.32. The second kappa shape index (κ2) is 8.02. The van der Waals surface area contributed by atoms with Crippen molar-refractivity contribution in [2.24, 2.45) is 0 Å². The largest absolute Gasteiger partial charge is 0.434 e. The quantitative estimate of drug-likeness (QED) is 0.834. The van der Waals surface area contributed by atoms with Crippen LogP contribution >= 0.6 is 0 Å². The summed E-state index contributed by atoms with van der Waals surface area (Å²) in [5.41, 5.74) is 0.740. The summed E-state index contributed by atoms with van der Waals surface area (Å²) < 4.78 is 24.1. The highest BCUT2D eigenvalue weighted by Crippen LogP contribution is 2.28. The van der Waals surface area contributed by atoms with Crippen LogP contribution in [0.4, 0.5) is 4.39 Å². The smallest absolute Gasteiger partial charge is 0.248 e. The molecule has 1 atom stereocenters. The molecule has 2 aromatic rings. The Kier molecular flexibility index (Phi) is 5.55. The van der Waals surface area contributed by atoms with Crippen LogP contribution in [0.5, 0.6) is 11.6 Å². The SMILES string of the molecule is COCC(=O)N1CCC[C@@H](c2cncc(Oc3ccccc3F)n2)C1. The molecule has 1 aromatic carbocycles. The predicted octanol–water partition coefficient (Wildman–Crippen LogP) is 2.76. The van der Waals surface area contributed by atoms with E-state index in [0.29, 0.717) is 6.54 Å². The topological polar surface area (TPSA) is 64.5 Å². The molecular formula is C18H20FN3O3. The standard InChI is InChI=1S/C18H20FN3O3/c1-24-12-18(23)22-8-4-5-13(11-22)15-9-20-10-17(21-15)25-16-7-3-2-6-14(16)19/h2-3,6-7,9-10,13H,4-5,8,11-12H2,1H3/t13-/m1/s1. The van der Waals surface area contributed by atoms with Crippen LogP contribution in [0.1, 0.15) is 24.5 Å². The Morgan fingerprint density at radius 3 is 3.00 bits per heavy atom. The van der Waals surface area contributed by atoms with Crippen molar-refractivity contribution < 1.29 is 18.7 Å². The number of hydrogen-bond donors (Lipinski definition) is 0. The molecule has 1 fully saturated rings. The number of methoxy groups -OCH3 is 1. The van der Waals surface area contributed by atoms with Gasteiger partial charge in [0, 0.05) is 32.3 Å². The molecule has 0 aliphatic carbocycles. The van der Waals surface area contributed by atoms with Crippen LogP contribution in [0.15, 0.2) is 36.7 Å². The van der Waals surface area contributed by atoms with Crippen molar-refractivity contribution in [3.63, 3.8) is 0 Å². The van der Waals surface area contributed by atoms with E-state index in [1.165, 1.54) is 25.4 Å². The van der Waals surface area contributed by atoms with Crippen molar-refractivity contribution in [3.05, 3.63) is 48.2 Å². The zero-order chi connectivity index (χ0) is 17.6. The summed E-state index contributed by atoms with van der Waals surface area (Å²) in [6.07, 6.45) is 4.92. The van der Waals surface area contributed by atoms with E-state index in [9.17, 15) is 9.18 Å². The second-order valence-electron chi connectivity index (χ2n) is 5.93. The highest BCUT2D eigenvalue weighted by molar-refractivity contribution is 5.77. The molecule has 0 spiro atoms. The predicted molar refractivity (Wildman–Crippen MR) is 88.9 cm³/mol. The van der Waals surface area contributed by atoms with E-state index in [0.717, 1.165) is 25.1 Å². The van der Waals surface area contributed by atoms with Gasteiger partial charge in [0.1, 0.15) is 6.61 Å². The van der Waals surface area contributed by atoms with E-state index < -0.39 is 5.82 Å². The number of likely N-dealkylation sites (tertiary alicyclic amines) is 1. The normalized spacial score (nSPS) is 17.4. The third-order valence-electron chi connectivity index (χ3n) is 4.14. The van der Waals surface area contributed by atoms with Gasteiger partial charge in [0.2, 0.25) is 11.8 Å². The van der Waals surface area contributed by atoms with Gasteiger partial charge >= 0.3 is 0 Å². The van der Waals surface area contributed by atoms with Crippen molar-refractivity contribution in [2.45, 2.75) is 18.8 Å². The van der Waals surface area contributed by atoms with Crippen LogP contribution in [-0.4, -0.2) is 47.6 Å². The molecular weight excluding hydrogens is 325 g/mol. The summed E-state index contributed by atoms with van der Waals surface area (Å²) in [5, 5.41) is 0. The summed E-state index contributed by atoms with van der Waals surface area (Å²) in [7, 11) is 1.51. The van der Waals surface area contributed by atoms with E-state index >= 15 is 0 Å². The summed E-state index contributed by atoms with van der Waals surface area (Å²) in [6, 6.07) is 6.15. The van der Waals surface area contributed by atoms with E-state index in [-0.39, 0.29) is 30.1 Å². The minimum atomic E-state index is -0.455. The molecule has 7 heteroatoms. The maximum atomic E-state index is 13.7. The van der Waals surface area contributed by atoms with Gasteiger partial charge < -0.3 is 14.4 Å². The Labute approximate surface area is 145 Å². The van der Waals surface area contributed by atoms with E-state index in [4.69, 9.17) is 9.47 Å². The molecule has 1 amide bonds. The van der Waals surface area contributed by atoms with Crippen molar-refractivity contribution >= 4 is 5.91 Å². The van der Waals surface area contributed by atoms with Gasteiger partial charge in [0.05, 0.1) is 11.9 Å². The summed E-state index contributed by atoms with van der Waals surface area (Å²) in [5.74, 6) is -0.0636. The molecule has 0 saturated carbocycles. The fraction of sp³-hybridized carbons (Fsp3) is 0.389. The summed E-state index contributed by atoms with van der Waals surface area (Å²) in [6.45, 7) is 1.37. The lowest BCUT2D eigenvalue weighted by atomic mass is 9.95. The number of halogens is 1. The number of benzene rings is 1. The van der Waals surface area contributed by atoms with Crippen LogP contribution in [0.25, 0.3) is 0 Å². The molecule has 0 unspecified atom stereocenters. The van der Waals surface area contributed by atoms with Gasteiger partial charge in [0.25, 0.3) is 0 Å². The first-order valence-electron chi connectivity index (χ1n) is 8.18. The zero-order valence-electron chi connectivity index (χ0n) is 14.0. The fourth-order valence-electron chi connectivity index (χ4n) is 2.91. The molecule has 132 valence electrons. The number of carbonyl (C=O) groups is 1. The Balaban J connectivity index is 1.72. The van der Waals surface area contributed by atoms with Crippen molar-refractivity contribution in [2.75, 3.05) is 26.8 Å². The van der Waals surface area contributed by atoms with E-state index in [2.05, 4.69) is 9.97 Å². The van der Waals surface area contributed by atoms with Crippen LogP contribution in [0.2, 0.25) is 0 Å². The molecule has 2 heterocycles. The molecule has 0 radical (unpaired) electrons. The number of aromatic nitrogens is 2. The van der Waals surface area contributed by atoms with Crippen molar-refractivity contribution in [1.29, 1.82) is 0 Å². The van der Waals surface area contributed by atoms with Gasteiger partial charge in [-0.05, 0) is 25.0 Å². The average Bonchev–Trinajstić information content (AvgIpc) is 2.64. The molecule has 1 saturated heterocycles. The highest BCUT2D eigenvalue weighted by atomic mass is 19.1. The van der Waals surface area contributed by atoms with Crippen molar-refractivity contribution in [1.82, 2.24) is 14.9 Å². The number of rotatable bonds is 5. The second-order valence-corrected chi connectivity index (χ2v) is 5.93. The average molecular weight is 345 g/mol. The number of piperidine rings is 1. The minimum Gasteiger partial charge on any atom is -0.434 e. The molecule has 1 aliphatic heterocycles. The first-order valence-corrected chi connectivity index (χ1v) is 8.18. The van der Waals surface area contributed by atoms with Gasteiger partial charge in [-0.25, -0.2) is 9.37 Å². The number of nitrogens with zero attached hydrogens (tertiary/aromatic N) is 3. The number of carbonyl (C=O) groups excluding carboxylic acids is 1. The lowest BCUT2D eigenvalue weighted by molar-refractivity contribution is -0.136. The van der Waals surface area contributed by atoms with Crippen LogP contribution in [0, 0.1) is 5.82 Å². The van der Waals surface area contributed by atoms with Crippen molar-refractivity contribution in [3.8, 4) is 11.6 Å². The molecule has 25 heavy (non-hydrogen) atoms. The number of ether oxygens (including phenoxy) is 2. The van der Waals surface area contributed by atoms with Crippen LogP contribution in [-0.2, 0) is 9.53 Å². The van der Waals surface area contributed by atoms with E-state index in [1.54, 1.807) is 23.2 Å². The third kappa shape index (κ3) is 4.30. The molecule has 3 rings (SSSR count). The van der Waals surface area contributed by atoms with E-state index in [1.807, 2.05) is 0 Å². The van der Waals surface area contributed by atoms with Gasteiger partial charge in [-0.1, -0.05) is 12.1 Å². The third-order valence-corrected chi connectivity index (χ3v) is 4.14. The maximum absolute atomic E-state index is 13.7. The first kappa shape index (κ1) is 17.3. The Bertz CT molecular complexity index is 741. The Hall–Kier alpha value is -2.54. The highest BCUT2D eigenvalue weighted by Gasteiger charge is 2.26. The van der Waals surface area contributed by atoms with Gasteiger partial charge in [-0.2, -0.15) is 0 Å². The minimum absolute atomic E-state index is 0.0288. The Morgan fingerprint density at radius 1 is 1.36 bits per heavy atom. The molecule has 6 nitrogen and oxygen atoms in total. The molecule has 0 bridgehead atoms. The summed E-state index contributed by atoms with van der Waals surface area (Å²) >= 11 is 0. The fourth-order valence-corrected chi connectivity index (χ4v) is 2.91. The van der Waals surface area contributed by atoms with Gasteiger partial charge in [-0.15, -0.1) is 0 Å². The monoisotopic (exact) mass is 345 g/mol. The number of hydrogen-bond acceptors (Lipinski definition) is 5. The van der Waals surface area contributed by atoms with Gasteiger partial charge in [-0.3, -0.25) is 9.78 Å². The van der Waals surface area contributed by atoms with Crippen LogP contribution in [0.3, 0.4) is 0 Å². The maximum Gasteiger partial charge on any atom is 0.248 e. The Morgan fingerprint density at radius 2 is 2.20 bits per heavy atom. The lowest BCUT2D eigenvalue weighted by Crippen LogP contribution is -2.41. The molecule has 0 N–H and O–H groups in total. The molecule has 1 aliphatic rings. The number of amides is 1. The zero-order valence-corrected chi connectivity index (χ0v) is 14.0. The molecule has 1 aromatic heterocycles. The first-order chi connectivity index (χ1) is 12.2. The van der Waals surface area contributed by atoms with Crippen LogP contribution < -0.4 is 4.74 Å².